The van der Waals surface area contributed by atoms with Crippen molar-refractivity contribution in [2.45, 2.75) is 20.3 Å². The van der Waals surface area contributed by atoms with Gasteiger partial charge in [0.1, 0.15) is 11.9 Å². The van der Waals surface area contributed by atoms with E-state index in [9.17, 15) is 0 Å². The summed E-state index contributed by atoms with van der Waals surface area (Å²) < 4.78 is 0. The van der Waals surface area contributed by atoms with Crippen LogP contribution in [0.3, 0.4) is 0 Å². The summed E-state index contributed by atoms with van der Waals surface area (Å²) >= 11 is 0. The topological polar surface area (TPSA) is 48.7 Å². The number of hydrogen-bond donors (Lipinski definition) is 1. The molecule has 1 aromatic rings. The van der Waals surface area contributed by atoms with Gasteiger partial charge in [0.25, 0.3) is 0 Å². The number of pyridine rings is 1. The quantitative estimate of drug-likeness (QED) is 0.765. The molecule has 0 aliphatic carbocycles. The first-order valence-electron chi connectivity index (χ1n) is 4.38. The Bertz CT molecular complexity index is 325. The molecular weight excluding hydrogens is 162 g/mol. The molecule has 1 N–H and O–H groups in total. The van der Waals surface area contributed by atoms with E-state index in [1.165, 1.54) is 0 Å². The Labute approximate surface area is 78.4 Å². The zero-order chi connectivity index (χ0) is 9.68. The first-order chi connectivity index (χ1) is 6.27. The Morgan fingerprint density at radius 3 is 3.00 bits per heavy atom. The smallest absolute Gasteiger partial charge is 0.143 e. The van der Waals surface area contributed by atoms with Gasteiger partial charge < -0.3 is 5.32 Å². The van der Waals surface area contributed by atoms with Crippen LogP contribution in [-0.2, 0) is 0 Å². The first kappa shape index (κ1) is 9.53. The van der Waals surface area contributed by atoms with Crippen LogP contribution in [0.5, 0.6) is 0 Å². The highest BCUT2D eigenvalue weighted by molar-refractivity contribution is 5.52. The molecule has 0 atom stereocenters. The van der Waals surface area contributed by atoms with Crippen LogP contribution in [0, 0.1) is 18.3 Å². The molecule has 0 bridgehead atoms. The van der Waals surface area contributed by atoms with E-state index in [4.69, 9.17) is 5.26 Å². The summed E-state index contributed by atoms with van der Waals surface area (Å²) in [4.78, 5) is 4.15. The standard InChI is InChI=1S/C10H13N3/c1-3-4-12-10-9(6-11)5-8(2)7-13-10/h5,7H,3-4H2,1-2H3,(H,12,13). The fourth-order valence-electron chi connectivity index (χ4n) is 1.04. The molecule has 13 heavy (non-hydrogen) atoms. The maximum Gasteiger partial charge on any atom is 0.143 e. The van der Waals surface area contributed by atoms with Gasteiger partial charge in [-0.2, -0.15) is 5.26 Å². The summed E-state index contributed by atoms with van der Waals surface area (Å²) in [6.45, 7) is 4.86. The van der Waals surface area contributed by atoms with Crippen molar-refractivity contribution in [1.29, 1.82) is 5.26 Å². The summed E-state index contributed by atoms with van der Waals surface area (Å²) in [5, 5.41) is 11.9. The van der Waals surface area contributed by atoms with Crippen molar-refractivity contribution in [1.82, 2.24) is 4.98 Å². The number of nitrogens with zero attached hydrogens (tertiary/aromatic N) is 2. The molecule has 0 amide bonds. The minimum atomic E-state index is 0.619. The zero-order valence-corrected chi connectivity index (χ0v) is 7.96. The first-order valence-corrected chi connectivity index (χ1v) is 4.38. The third kappa shape index (κ3) is 2.45. The van der Waals surface area contributed by atoms with E-state index >= 15 is 0 Å². The molecule has 0 saturated carbocycles. The predicted octanol–water partition coefficient (Wildman–Crippen LogP) is 2.08. The number of anilines is 1. The van der Waals surface area contributed by atoms with Crippen molar-refractivity contribution >= 4 is 5.82 Å². The van der Waals surface area contributed by atoms with Crippen LogP contribution in [0.25, 0.3) is 0 Å². The van der Waals surface area contributed by atoms with E-state index in [0.717, 1.165) is 18.5 Å². The number of hydrogen-bond acceptors (Lipinski definition) is 3. The van der Waals surface area contributed by atoms with Gasteiger partial charge in [-0.1, -0.05) is 6.92 Å². The zero-order valence-electron chi connectivity index (χ0n) is 7.96. The highest BCUT2D eigenvalue weighted by Crippen LogP contribution is 2.11. The van der Waals surface area contributed by atoms with Crippen molar-refractivity contribution in [3.63, 3.8) is 0 Å². The molecule has 0 aliphatic heterocycles. The van der Waals surface area contributed by atoms with Crippen LogP contribution >= 0.6 is 0 Å². The number of aromatic nitrogens is 1. The lowest BCUT2D eigenvalue weighted by atomic mass is 10.2. The van der Waals surface area contributed by atoms with Crippen LogP contribution in [-0.4, -0.2) is 11.5 Å². The average molecular weight is 175 g/mol. The summed E-state index contributed by atoms with van der Waals surface area (Å²) in [6, 6.07) is 3.96. The Morgan fingerprint density at radius 1 is 1.62 bits per heavy atom. The van der Waals surface area contributed by atoms with Gasteiger partial charge >= 0.3 is 0 Å². The Hall–Kier alpha value is -1.56. The van der Waals surface area contributed by atoms with Crippen LogP contribution in [0.2, 0.25) is 0 Å². The minimum absolute atomic E-state index is 0.619. The lowest BCUT2D eigenvalue weighted by Crippen LogP contribution is -2.04. The van der Waals surface area contributed by atoms with Gasteiger partial charge in [0.05, 0.1) is 5.56 Å². The number of nitrogens with one attached hydrogen (secondary N) is 1. The molecule has 0 aliphatic rings. The Morgan fingerprint density at radius 2 is 2.38 bits per heavy atom. The molecule has 1 heterocycles. The highest BCUT2D eigenvalue weighted by Gasteiger charge is 2.01. The molecule has 0 unspecified atom stereocenters. The second-order valence-corrected chi connectivity index (χ2v) is 2.95. The predicted molar refractivity (Wildman–Crippen MR) is 52.5 cm³/mol. The normalized spacial score (nSPS) is 9.31. The van der Waals surface area contributed by atoms with Crippen molar-refractivity contribution in [3.8, 4) is 6.07 Å². The van der Waals surface area contributed by atoms with Crippen LogP contribution in [0.4, 0.5) is 5.82 Å². The molecule has 3 nitrogen and oxygen atoms in total. The molecule has 0 radical (unpaired) electrons. The van der Waals surface area contributed by atoms with Gasteiger partial charge in [0.15, 0.2) is 0 Å². The van der Waals surface area contributed by atoms with Crippen molar-refractivity contribution in [3.05, 3.63) is 23.4 Å². The molecule has 1 aromatic heterocycles. The van der Waals surface area contributed by atoms with Gasteiger partial charge in [-0.25, -0.2) is 4.98 Å². The van der Waals surface area contributed by atoms with Gasteiger partial charge in [-0.3, -0.25) is 0 Å². The van der Waals surface area contributed by atoms with E-state index in [0.29, 0.717) is 11.4 Å². The number of rotatable bonds is 3. The monoisotopic (exact) mass is 175 g/mol. The third-order valence-corrected chi connectivity index (χ3v) is 1.69. The second-order valence-electron chi connectivity index (χ2n) is 2.95. The van der Waals surface area contributed by atoms with E-state index in [1.54, 1.807) is 6.20 Å². The van der Waals surface area contributed by atoms with Crippen LogP contribution < -0.4 is 5.32 Å². The largest absolute Gasteiger partial charge is 0.369 e. The molecule has 0 spiro atoms. The van der Waals surface area contributed by atoms with Gasteiger partial charge in [-0.05, 0) is 25.0 Å². The lowest BCUT2D eigenvalue weighted by Gasteiger charge is -2.05. The van der Waals surface area contributed by atoms with E-state index < -0.39 is 0 Å². The molecule has 0 saturated heterocycles. The molecule has 68 valence electrons. The van der Waals surface area contributed by atoms with Gasteiger partial charge in [-0.15, -0.1) is 0 Å². The van der Waals surface area contributed by atoms with Gasteiger partial charge in [0.2, 0.25) is 0 Å². The molecular formula is C10H13N3. The molecule has 0 fully saturated rings. The summed E-state index contributed by atoms with van der Waals surface area (Å²) in [5.41, 5.74) is 1.63. The van der Waals surface area contributed by atoms with Crippen LogP contribution in [0.1, 0.15) is 24.5 Å². The second kappa shape index (κ2) is 4.46. The maximum absolute atomic E-state index is 8.81. The fourth-order valence-corrected chi connectivity index (χ4v) is 1.04. The van der Waals surface area contributed by atoms with Crippen LogP contribution in [0.15, 0.2) is 12.3 Å². The fraction of sp³-hybridized carbons (Fsp3) is 0.400. The maximum atomic E-state index is 8.81. The average Bonchev–Trinajstić information content (AvgIpc) is 2.16. The summed E-state index contributed by atoms with van der Waals surface area (Å²) in [7, 11) is 0. The van der Waals surface area contributed by atoms with E-state index in [2.05, 4.69) is 23.3 Å². The molecule has 1 rings (SSSR count). The highest BCUT2D eigenvalue weighted by atomic mass is 15.0. The number of aryl methyl sites for hydroxylation is 1. The van der Waals surface area contributed by atoms with Gasteiger partial charge in [0, 0.05) is 12.7 Å². The van der Waals surface area contributed by atoms with Crippen molar-refractivity contribution in [2.24, 2.45) is 0 Å². The molecule has 0 aromatic carbocycles. The summed E-state index contributed by atoms with van der Waals surface area (Å²) in [5.74, 6) is 0.690. The Balaban J connectivity index is 2.88. The SMILES string of the molecule is CCCNc1ncc(C)cc1C#N. The minimum Gasteiger partial charge on any atom is -0.369 e. The Kier molecular flexibility index (Phi) is 3.27. The van der Waals surface area contributed by atoms with E-state index in [-0.39, 0.29) is 0 Å². The molecule has 3 heteroatoms. The summed E-state index contributed by atoms with van der Waals surface area (Å²) in [6.07, 6.45) is 2.79. The third-order valence-electron chi connectivity index (χ3n) is 1.69. The lowest BCUT2D eigenvalue weighted by molar-refractivity contribution is 0.967. The van der Waals surface area contributed by atoms with Crippen molar-refractivity contribution in [2.75, 3.05) is 11.9 Å². The van der Waals surface area contributed by atoms with Crippen molar-refractivity contribution < 1.29 is 0 Å². The van der Waals surface area contributed by atoms with E-state index in [1.807, 2.05) is 13.0 Å². The number of nitriles is 1.